The van der Waals surface area contributed by atoms with E-state index in [-0.39, 0.29) is 30.7 Å². The van der Waals surface area contributed by atoms with Gasteiger partial charge in [-0.2, -0.15) is 0 Å². The van der Waals surface area contributed by atoms with E-state index in [1.54, 1.807) is 17.0 Å². The van der Waals surface area contributed by atoms with Gasteiger partial charge in [0.2, 0.25) is 0 Å². The van der Waals surface area contributed by atoms with Gasteiger partial charge in [0.05, 0.1) is 12.0 Å². The van der Waals surface area contributed by atoms with Crippen molar-refractivity contribution in [3.63, 3.8) is 0 Å². The maximum Gasteiger partial charge on any atom is 0.311 e. The summed E-state index contributed by atoms with van der Waals surface area (Å²) in [5.74, 6) is -0.385. The van der Waals surface area contributed by atoms with E-state index in [0.29, 0.717) is 18.7 Å². The van der Waals surface area contributed by atoms with Crippen molar-refractivity contribution in [1.82, 2.24) is 4.90 Å². The molecule has 0 aliphatic carbocycles. The third-order valence-corrected chi connectivity index (χ3v) is 4.19. The van der Waals surface area contributed by atoms with Gasteiger partial charge in [-0.1, -0.05) is 13.8 Å². The first-order valence-electron chi connectivity index (χ1n) is 6.72. The van der Waals surface area contributed by atoms with Gasteiger partial charge in [-0.05, 0) is 24.5 Å². The fourth-order valence-electron chi connectivity index (χ4n) is 2.66. The molecule has 1 atom stereocenters. The molecule has 1 amide bonds. The van der Waals surface area contributed by atoms with E-state index >= 15 is 0 Å². The summed E-state index contributed by atoms with van der Waals surface area (Å²) in [6.45, 7) is 4.64. The normalized spacial score (nSPS) is 22.5. The first-order chi connectivity index (χ1) is 9.40. The Kier molecular flexibility index (Phi) is 3.85. The average molecular weight is 280 g/mol. The first kappa shape index (κ1) is 14.6. The van der Waals surface area contributed by atoms with Crippen LogP contribution >= 0.6 is 0 Å². The summed E-state index contributed by atoms with van der Waals surface area (Å²) < 4.78 is 5.33. The van der Waals surface area contributed by atoms with Crippen LogP contribution in [0.4, 0.5) is 0 Å². The van der Waals surface area contributed by atoms with Crippen LogP contribution in [0.25, 0.3) is 0 Å². The van der Waals surface area contributed by atoms with Gasteiger partial charge in [0.1, 0.15) is 5.76 Å². The summed E-state index contributed by atoms with van der Waals surface area (Å²) >= 11 is 0. The molecule has 1 saturated heterocycles. The number of carbonyl (C=O) groups excluding carboxylic acids is 1. The Morgan fingerprint density at radius 3 is 2.65 bits per heavy atom. The highest BCUT2D eigenvalue weighted by Gasteiger charge is 2.48. The van der Waals surface area contributed by atoms with Crippen molar-refractivity contribution in [3.8, 4) is 0 Å². The van der Waals surface area contributed by atoms with Crippen molar-refractivity contribution in [3.05, 3.63) is 23.7 Å². The highest BCUT2D eigenvalue weighted by molar-refractivity contribution is 5.92. The number of furan rings is 1. The molecule has 0 spiro atoms. The summed E-state index contributed by atoms with van der Waals surface area (Å²) in [4.78, 5) is 25.4. The van der Waals surface area contributed by atoms with Crippen LogP contribution in [0.1, 0.15) is 36.6 Å². The van der Waals surface area contributed by atoms with Crippen LogP contribution in [0.3, 0.4) is 0 Å². The number of likely N-dealkylation sites (tertiary alicyclic amines) is 1. The predicted molar refractivity (Wildman–Crippen MR) is 72.0 cm³/mol. The van der Waals surface area contributed by atoms with E-state index in [2.05, 4.69) is 0 Å². The molecule has 0 aromatic carbocycles. The fraction of sp³-hybridized carbons (Fsp3) is 0.571. The van der Waals surface area contributed by atoms with Crippen LogP contribution in [0, 0.1) is 11.3 Å². The van der Waals surface area contributed by atoms with Gasteiger partial charge in [-0.3, -0.25) is 9.59 Å². The molecule has 1 aromatic heterocycles. The van der Waals surface area contributed by atoms with E-state index in [4.69, 9.17) is 10.2 Å². The van der Waals surface area contributed by atoms with E-state index < -0.39 is 11.4 Å². The SMILES string of the molecule is CC(C)C1(C(=O)O)CCN(C(=O)c2ccc(CN)o2)C1. The monoisotopic (exact) mass is 280 g/mol. The number of nitrogens with two attached hydrogens (primary N) is 1. The fourth-order valence-corrected chi connectivity index (χ4v) is 2.66. The summed E-state index contributed by atoms with van der Waals surface area (Å²) in [6.07, 6.45) is 0.468. The molecule has 6 nitrogen and oxygen atoms in total. The number of rotatable bonds is 4. The van der Waals surface area contributed by atoms with Gasteiger partial charge >= 0.3 is 5.97 Å². The second kappa shape index (κ2) is 5.28. The molecule has 2 heterocycles. The molecule has 6 heteroatoms. The van der Waals surface area contributed by atoms with E-state index in [1.165, 1.54) is 0 Å². The zero-order valence-electron chi connectivity index (χ0n) is 11.8. The van der Waals surface area contributed by atoms with Crippen LogP contribution in [0.2, 0.25) is 0 Å². The van der Waals surface area contributed by atoms with Gasteiger partial charge < -0.3 is 20.2 Å². The zero-order chi connectivity index (χ0) is 14.9. The minimum Gasteiger partial charge on any atom is -0.481 e. The number of carboxylic acids is 1. The van der Waals surface area contributed by atoms with Crippen molar-refractivity contribution in [1.29, 1.82) is 0 Å². The summed E-state index contributed by atoms with van der Waals surface area (Å²) in [7, 11) is 0. The molecular weight excluding hydrogens is 260 g/mol. The molecule has 0 saturated carbocycles. The minimum atomic E-state index is -0.862. The van der Waals surface area contributed by atoms with Crippen LogP contribution in [-0.4, -0.2) is 35.0 Å². The molecule has 2 rings (SSSR count). The third kappa shape index (κ3) is 2.31. The number of nitrogens with zero attached hydrogens (tertiary/aromatic N) is 1. The maximum absolute atomic E-state index is 12.3. The highest BCUT2D eigenvalue weighted by atomic mass is 16.4. The molecule has 0 bridgehead atoms. The van der Waals surface area contributed by atoms with Crippen LogP contribution in [0.5, 0.6) is 0 Å². The predicted octanol–water partition coefficient (Wildman–Crippen LogP) is 1.31. The minimum absolute atomic E-state index is 0.0333. The van der Waals surface area contributed by atoms with Crippen molar-refractivity contribution < 1.29 is 19.1 Å². The summed E-state index contributed by atoms with van der Waals surface area (Å²) in [5.41, 5.74) is 4.58. The van der Waals surface area contributed by atoms with Gasteiger partial charge in [-0.15, -0.1) is 0 Å². The van der Waals surface area contributed by atoms with Crippen LogP contribution < -0.4 is 5.73 Å². The number of carboxylic acid groups (broad SMARTS) is 1. The Balaban J connectivity index is 2.16. The Bertz CT molecular complexity index is 523. The van der Waals surface area contributed by atoms with Gasteiger partial charge in [0.15, 0.2) is 5.76 Å². The maximum atomic E-state index is 12.3. The topological polar surface area (TPSA) is 96.8 Å². The number of hydrogen-bond acceptors (Lipinski definition) is 4. The molecule has 110 valence electrons. The molecular formula is C14H20N2O4. The molecule has 1 aromatic rings. The van der Waals surface area contributed by atoms with Gasteiger partial charge in [0, 0.05) is 13.1 Å². The molecule has 20 heavy (non-hydrogen) atoms. The molecule has 0 radical (unpaired) electrons. The molecule has 3 N–H and O–H groups in total. The Hall–Kier alpha value is -1.82. The van der Waals surface area contributed by atoms with Crippen molar-refractivity contribution >= 4 is 11.9 Å². The Morgan fingerprint density at radius 1 is 1.50 bits per heavy atom. The van der Waals surface area contributed by atoms with E-state index in [0.717, 1.165) is 0 Å². The average Bonchev–Trinajstić information content (AvgIpc) is 3.05. The number of amides is 1. The lowest BCUT2D eigenvalue weighted by Crippen LogP contribution is -2.40. The third-order valence-electron chi connectivity index (χ3n) is 4.19. The summed E-state index contributed by atoms with van der Waals surface area (Å²) in [5, 5.41) is 9.47. The molecule has 1 fully saturated rings. The molecule has 1 unspecified atom stereocenters. The number of aliphatic carboxylic acids is 1. The quantitative estimate of drug-likeness (QED) is 0.866. The lowest BCUT2D eigenvalue weighted by Gasteiger charge is -2.28. The highest BCUT2D eigenvalue weighted by Crippen LogP contribution is 2.38. The zero-order valence-corrected chi connectivity index (χ0v) is 11.8. The van der Waals surface area contributed by atoms with E-state index in [1.807, 2.05) is 13.8 Å². The number of hydrogen-bond donors (Lipinski definition) is 2. The molecule has 1 aliphatic rings. The largest absolute Gasteiger partial charge is 0.481 e. The lowest BCUT2D eigenvalue weighted by atomic mass is 9.76. The van der Waals surface area contributed by atoms with Crippen molar-refractivity contribution in [2.45, 2.75) is 26.8 Å². The van der Waals surface area contributed by atoms with Crippen LogP contribution in [0.15, 0.2) is 16.5 Å². The smallest absolute Gasteiger partial charge is 0.311 e. The second-order valence-corrected chi connectivity index (χ2v) is 5.56. The standard InChI is InChI=1S/C14H20N2O4/c1-9(2)14(13(18)19)5-6-16(8-14)12(17)11-4-3-10(7-15)20-11/h3-4,9H,5-8,15H2,1-2H3,(H,18,19). The first-order valence-corrected chi connectivity index (χ1v) is 6.72. The van der Waals surface area contributed by atoms with Gasteiger partial charge in [0.25, 0.3) is 5.91 Å². The van der Waals surface area contributed by atoms with E-state index in [9.17, 15) is 14.7 Å². The van der Waals surface area contributed by atoms with Crippen molar-refractivity contribution in [2.24, 2.45) is 17.1 Å². The van der Waals surface area contributed by atoms with Crippen LogP contribution in [-0.2, 0) is 11.3 Å². The Labute approximate surface area is 117 Å². The Morgan fingerprint density at radius 2 is 2.20 bits per heavy atom. The van der Waals surface area contributed by atoms with Crippen molar-refractivity contribution in [2.75, 3.05) is 13.1 Å². The molecule has 1 aliphatic heterocycles. The summed E-state index contributed by atoms with van der Waals surface area (Å²) in [6, 6.07) is 3.25. The lowest BCUT2D eigenvalue weighted by molar-refractivity contribution is -0.150. The number of carbonyl (C=O) groups is 2. The van der Waals surface area contributed by atoms with Gasteiger partial charge in [-0.25, -0.2) is 0 Å². The second-order valence-electron chi connectivity index (χ2n) is 5.56.